The van der Waals surface area contributed by atoms with E-state index in [9.17, 15) is 25.2 Å². The quantitative estimate of drug-likeness (QED) is 0.0308. The summed E-state index contributed by atoms with van der Waals surface area (Å²) in [5.74, 6) is -0.590. The summed E-state index contributed by atoms with van der Waals surface area (Å²) in [6.07, 6.45) is 74.3. The van der Waals surface area contributed by atoms with Crippen LogP contribution in [0.25, 0.3) is 0 Å². The van der Waals surface area contributed by atoms with Crippen LogP contribution >= 0.6 is 0 Å². The van der Waals surface area contributed by atoms with Gasteiger partial charge >= 0.3 is 0 Å². The van der Waals surface area contributed by atoms with Crippen LogP contribution in [-0.4, -0.2) is 57.3 Å². The Bertz CT molecular complexity index is 1080. The number of carbonyl (C=O) groups is 1. The molecule has 0 aliphatic carbocycles. The van der Waals surface area contributed by atoms with Gasteiger partial charge in [0.1, 0.15) is 12.2 Å². The molecule has 6 heteroatoms. The molecular formula is C65H127NO5. The molecule has 4 unspecified atom stereocenters. The molecular weight excluding hydrogens is 875 g/mol. The summed E-state index contributed by atoms with van der Waals surface area (Å²) in [6, 6.07) is -1.01. The van der Waals surface area contributed by atoms with Crippen LogP contribution in [-0.2, 0) is 4.79 Å². The predicted octanol–water partition coefficient (Wildman–Crippen LogP) is 19.4. The number of allylic oxidation sites excluding steroid dienone is 4. The monoisotopic (exact) mass is 1000 g/mol. The van der Waals surface area contributed by atoms with Gasteiger partial charge in [-0.15, -0.1) is 0 Å². The number of hydrogen-bond donors (Lipinski definition) is 5. The predicted molar refractivity (Wildman–Crippen MR) is 311 cm³/mol. The smallest absolute Gasteiger partial charge is 0.249 e. The van der Waals surface area contributed by atoms with Crippen LogP contribution in [0.4, 0.5) is 0 Å². The molecule has 0 aromatic carbocycles. The molecule has 0 bridgehead atoms. The zero-order valence-electron chi connectivity index (χ0n) is 48.0. The summed E-state index contributed by atoms with van der Waals surface area (Å²) in [5.41, 5.74) is 0. The van der Waals surface area contributed by atoms with Gasteiger partial charge in [0.05, 0.1) is 18.8 Å². The number of nitrogens with one attached hydrogen (secondary N) is 1. The fourth-order valence-corrected chi connectivity index (χ4v) is 10.4. The van der Waals surface area contributed by atoms with Crippen molar-refractivity contribution in [3.8, 4) is 0 Å². The standard InChI is InChI=1S/C65H127NO5/c1-3-5-7-9-11-13-15-17-19-21-23-25-27-29-30-31-32-33-35-37-39-41-43-45-47-49-51-53-55-57-59-63(69)65(71)66-61(60-67)64(70)62(68)58-56-54-52-50-48-46-44-42-40-38-36-34-28-26-24-22-20-18-16-14-12-10-8-6-4-2/h42,44,50,52,61-64,67-70H,3-41,43,45-49,51,53-60H2,1-2H3,(H,66,71)/b44-42+,52-50+. The fraction of sp³-hybridized carbons (Fsp3) is 0.923. The van der Waals surface area contributed by atoms with Gasteiger partial charge < -0.3 is 25.7 Å². The highest BCUT2D eigenvalue weighted by atomic mass is 16.3. The normalized spacial score (nSPS) is 13.7. The van der Waals surface area contributed by atoms with Crippen LogP contribution in [0.1, 0.15) is 354 Å². The summed E-state index contributed by atoms with van der Waals surface area (Å²) in [7, 11) is 0. The molecule has 0 heterocycles. The molecule has 0 rings (SSSR count). The number of aliphatic hydroxyl groups excluding tert-OH is 4. The van der Waals surface area contributed by atoms with Gasteiger partial charge in [-0.1, -0.05) is 327 Å². The summed E-state index contributed by atoms with van der Waals surface area (Å²) in [5, 5.41) is 44.1. The van der Waals surface area contributed by atoms with E-state index >= 15 is 0 Å². The minimum absolute atomic E-state index is 0.365. The van der Waals surface area contributed by atoms with Gasteiger partial charge in [-0.3, -0.25) is 4.79 Å². The maximum atomic E-state index is 12.6. The van der Waals surface area contributed by atoms with Gasteiger partial charge in [0, 0.05) is 0 Å². The van der Waals surface area contributed by atoms with Crippen molar-refractivity contribution in [2.45, 2.75) is 379 Å². The van der Waals surface area contributed by atoms with E-state index in [-0.39, 0.29) is 0 Å². The Morgan fingerprint density at radius 1 is 0.338 bits per heavy atom. The lowest BCUT2D eigenvalue weighted by Gasteiger charge is -2.27. The van der Waals surface area contributed by atoms with Crippen molar-refractivity contribution in [1.82, 2.24) is 5.32 Å². The topological polar surface area (TPSA) is 110 Å². The van der Waals surface area contributed by atoms with E-state index in [0.717, 1.165) is 38.5 Å². The first-order valence-corrected chi connectivity index (χ1v) is 32.2. The molecule has 4 atom stereocenters. The molecule has 0 aromatic heterocycles. The van der Waals surface area contributed by atoms with Crippen molar-refractivity contribution >= 4 is 5.91 Å². The van der Waals surface area contributed by atoms with E-state index in [4.69, 9.17) is 0 Å². The molecule has 0 saturated carbocycles. The van der Waals surface area contributed by atoms with Crippen molar-refractivity contribution in [3.63, 3.8) is 0 Å². The minimum Gasteiger partial charge on any atom is -0.394 e. The zero-order valence-corrected chi connectivity index (χ0v) is 48.0. The van der Waals surface area contributed by atoms with E-state index < -0.39 is 36.9 Å². The molecule has 0 aliphatic heterocycles. The highest BCUT2D eigenvalue weighted by molar-refractivity contribution is 5.80. The molecule has 0 saturated heterocycles. The maximum Gasteiger partial charge on any atom is 0.249 e. The number of rotatable bonds is 60. The molecule has 5 N–H and O–H groups in total. The summed E-state index contributed by atoms with van der Waals surface area (Å²) >= 11 is 0. The fourth-order valence-electron chi connectivity index (χ4n) is 10.4. The van der Waals surface area contributed by atoms with Crippen LogP contribution in [0.15, 0.2) is 24.3 Å². The summed E-state index contributed by atoms with van der Waals surface area (Å²) < 4.78 is 0. The molecule has 0 aromatic rings. The van der Waals surface area contributed by atoms with Crippen LogP contribution in [0.5, 0.6) is 0 Å². The third-order valence-electron chi connectivity index (χ3n) is 15.4. The average Bonchev–Trinajstić information content (AvgIpc) is 3.38. The van der Waals surface area contributed by atoms with Crippen molar-refractivity contribution in [1.29, 1.82) is 0 Å². The van der Waals surface area contributed by atoms with Crippen LogP contribution in [0.2, 0.25) is 0 Å². The van der Waals surface area contributed by atoms with Crippen molar-refractivity contribution in [2.75, 3.05) is 6.61 Å². The lowest BCUT2D eigenvalue weighted by molar-refractivity contribution is -0.132. The Balaban J connectivity index is 3.60. The van der Waals surface area contributed by atoms with Crippen LogP contribution in [0.3, 0.4) is 0 Å². The number of hydrogen-bond acceptors (Lipinski definition) is 5. The number of aliphatic hydroxyl groups is 4. The second kappa shape index (κ2) is 59.7. The molecule has 6 nitrogen and oxygen atoms in total. The Kier molecular flexibility index (Phi) is 58.6. The van der Waals surface area contributed by atoms with Crippen LogP contribution in [0, 0.1) is 0 Å². The van der Waals surface area contributed by atoms with Gasteiger partial charge in [0.15, 0.2) is 0 Å². The van der Waals surface area contributed by atoms with E-state index in [2.05, 4.69) is 43.5 Å². The molecule has 0 radical (unpaired) electrons. The first-order chi connectivity index (χ1) is 35.0. The third kappa shape index (κ3) is 53.4. The first kappa shape index (κ1) is 69.8. The second-order valence-electron chi connectivity index (χ2n) is 22.5. The summed E-state index contributed by atoms with van der Waals surface area (Å²) in [6.45, 7) is 4.09. The van der Waals surface area contributed by atoms with E-state index in [1.54, 1.807) is 0 Å². The number of unbranched alkanes of at least 4 members (excludes halogenated alkanes) is 47. The molecule has 0 aliphatic rings. The molecule has 0 fully saturated rings. The van der Waals surface area contributed by atoms with E-state index in [0.29, 0.717) is 19.3 Å². The Morgan fingerprint density at radius 3 is 0.887 bits per heavy atom. The SMILES string of the molecule is CCCCCCCCCCCCCCCCCC/C=C/CC/C=C/CCCC(O)C(O)C(CO)NC(=O)C(O)CCCCCCCCCCCCCCCCCCCCCCCCCCCCCCCC. The third-order valence-corrected chi connectivity index (χ3v) is 15.4. The molecule has 422 valence electrons. The van der Waals surface area contributed by atoms with Crippen molar-refractivity contribution < 1.29 is 25.2 Å². The van der Waals surface area contributed by atoms with Gasteiger partial charge in [-0.25, -0.2) is 0 Å². The number of carbonyl (C=O) groups excluding carboxylic acids is 1. The van der Waals surface area contributed by atoms with Crippen molar-refractivity contribution in [3.05, 3.63) is 24.3 Å². The molecule has 71 heavy (non-hydrogen) atoms. The van der Waals surface area contributed by atoms with Gasteiger partial charge in [0.25, 0.3) is 0 Å². The Morgan fingerprint density at radius 2 is 0.592 bits per heavy atom. The zero-order chi connectivity index (χ0) is 51.6. The molecule has 0 spiro atoms. The van der Waals surface area contributed by atoms with Crippen LogP contribution < -0.4 is 5.32 Å². The number of amides is 1. The first-order valence-electron chi connectivity index (χ1n) is 32.2. The van der Waals surface area contributed by atoms with Gasteiger partial charge in [0.2, 0.25) is 5.91 Å². The second-order valence-corrected chi connectivity index (χ2v) is 22.5. The van der Waals surface area contributed by atoms with E-state index in [1.165, 1.54) is 283 Å². The highest BCUT2D eigenvalue weighted by Gasteiger charge is 2.28. The molecule has 1 amide bonds. The average molecular weight is 1000 g/mol. The van der Waals surface area contributed by atoms with Gasteiger partial charge in [-0.2, -0.15) is 0 Å². The van der Waals surface area contributed by atoms with E-state index in [1.807, 2.05) is 0 Å². The Hall–Kier alpha value is -1.21. The highest BCUT2D eigenvalue weighted by Crippen LogP contribution is 2.19. The maximum absolute atomic E-state index is 12.6. The summed E-state index contributed by atoms with van der Waals surface area (Å²) in [4.78, 5) is 12.6. The lowest BCUT2D eigenvalue weighted by atomic mass is 10.00. The Labute approximate surface area is 444 Å². The van der Waals surface area contributed by atoms with Gasteiger partial charge in [-0.05, 0) is 51.4 Å². The lowest BCUT2D eigenvalue weighted by Crippen LogP contribution is -2.53. The largest absolute Gasteiger partial charge is 0.394 e. The van der Waals surface area contributed by atoms with Crippen molar-refractivity contribution in [2.24, 2.45) is 0 Å². The minimum atomic E-state index is -1.29.